The molecular weight excluding hydrogens is 350 g/mol. The van der Waals surface area contributed by atoms with Gasteiger partial charge in [-0.25, -0.2) is 0 Å². The van der Waals surface area contributed by atoms with E-state index in [1.807, 2.05) is 41.3 Å². The molecule has 0 radical (unpaired) electrons. The van der Waals surface area contributed by atoms with E-state index in [0.717, 1.165) is 28.9 Å². The summed E-state index contributed by atoms with van der Waals surface area (Å²) in [6.45, 7) is 0. The zero-order valence-corrected chi connectivity index (χ0v) is 15.8. The zero-order valence-electron chi connectivity index (χ0n) is 15.0. The molecule has 136 valence electrons. The van der Waals surface area contributed by atoms with E-state index in [4.69, 9.17) is 14.2 Å². The van der Waals surface area contributed by atoms with Crippen molar-refractivity contribution >= 4 is 17.7 Å². The summed E-state index contributed by atoms with van der Waals surface area (Å²) in [5.41, 5.74) is 1.76. The number of hydrogen-bond donors (Lipinski definition) is 0. The van der Waals surface area contributed by atoms with Crippen LogP contribution < -0.4 is 14.2 Å². The molecule has 1 aliphatic heterocycles. The summed E-state index contributed by atoms with van der Waals surface area (Å²) >= 11 is 1.70. The number of nitrogens with zero attached hydrogens (tertiary/aromatic N) is 1. The second-order valence-corrected chi connectivity index (χ2v) is 7.49. The SMILES string of the molecule is COc1cc(C2Sc3ccccc3C(=O)N2C2CC2)cc(OC)c1OC. The molecule has 0 spiro atoms. The molecule has 4 rings (SSSR count). The number of ether oxygens (including phenoxy) is 3. The van der Waals surface area contributed by atoms with Crippen LogP contribution in [-0.2, 0) is 0 Å². The van der Waals surface area contributed by atoms with Gasteiger partial charge in [0.25, 0.3) is 5.91 Å². The van der Waals surface area contributed by atoms with E-state index in [1.54, 1.807) is 33.1 Å². The molecule has 2 aromatic carbocycles. The van der Waals surface area contributed by atoms with E-state index in [2.05, 4.69) is 0 Å². The third-order valence-corrected chi connectivity index (χ3v) is 6.09. The molecule has 0 saturated heterocycles. The van der Waals surface area contributed by atoms with Crippen molar-refractivity contribution in [1.29, 1.82) is 0 Å². The second-order valence-electron chi connectivity index (χ2n) is 6.37. The molecule has 2 aliphatic rings. The van der Waals surface area contributed by atoms with Crippen LogP contribution in [0.15, 0.2) is 41.3 Å². The van der Waals surface area contributed by atoms with E-state index in [9.17, 15) is 4.79 Å². The summed E-state index contributed by atoms with van der Waals surface area (Å²) in [5.74, 6) is 1.86. The standard InChI is InChI=1S/C20H21NO4S/c1-23-15-10-12(11-16(24-2)18(15)25-3)20-21(13-8-9-13)19(22)14-6-4-5-7-17(14)26-20/h4-7,10-11,13,20H,8-9H2,1-3H3. The summed E-state index contributed by atoms with van der Waals surface area (Å²) in [7, 11) is 4.80. The third kappa shape index (κ3) is 2.78. The maximum atomic E-state index is 13.1. The molecule has 0 N–H and O–H groups in total. The summed E-state index contributed by atoms with van der Waals surface area (Å²) < 4.78 is 16.4. The Morgan fingerprint density at radius 3 is 2.23 bits per heavy atom. The third-order valence-electron chi connectivity index (χ3n) is 4.76. The first-order valence-electron chi connectivity index (χ1n) is 8.56. The molecule has 1 heterocycles. The van der Waals surface area contributed by atoms with Gasteiger partial charge in [-0.15, -0.1) is 0 Å². The van der Waals surface area contributed by atoms with Crippen molar-refractivity contribution < 1.29 is 19.0 Å². The fourth-order valence-corrected chi connectivity index (χ4v) is 4.68. The molecule has 1 fully saturated rings. The Morgan fingerprint density at radius 1 is 1.00 bits per heavy atom. The Hall–Kier alpha value is -2.34. The first-order valence-corrected chi connectivity index (χ1v) is 9.44. The van der Waals surface area contributed by atoms with Gasteiger partial charge in [-0.3, -0.25) is 4.79 Å². The zero-order chi connectivity index (χ0) is 18.3. The number of methoxy groups -OCH3 is 3. The minimum absolute atomic E-state index is 0.0978. The molecule has 1 atom stereocenters. The number of carbonyl (C=O) groups is 1. The van der Waals surface area contributed by atoms with Crippen LogP contribution in [0.25, 0.3) is 0 Å². The lowest BCUT2D eigenvalue weighted by atomic mass is 10.1. The van der Waals surface area contributed by atoms with Gasteiger partial charge in [-0.1, -0.05) is 23.9 Å². The monoisotopic (exact) mass is 371 g/mol. The van der Waals surface area contributed by atoms with Gasteiger partial charge in [-0.05, 0) is 42.7 Å². The van der Waals surface area contributed by atoms with Crippen LogP contribution in [0.1, 0.15) is 34.1 Å². The van der Waals surface area contributed by atoms with Crippen molar-refractivity contribution in [1.82, 2.24) is 4.90 Å². The van der Waals surface area contributed by atoms with Crippen molar-refractivity contribution in [2.24, 2.45) is 0 Å². The molecule has 1 aliphatic carbocycles. The van der Waals surface area contributed by atoms with Gasteiger partial charge in [0.2, 0.25) is 5.75 Å². The number of benzene rings is 2. The summed E-state index contributed by atoms with van der Waals surface area (Å²) in [5, 5.41) is -0.112. The Bertz CT molecular complexity index is 824. The topological polar surface area (TPSA) is 48.0 Å². The minimum atomic E-state index is -0.112. The summed E-state index contributed by atoms with van der Waals surface area (Å²) in [6, 6.07) is 12.0. The van der Waals surface area contributed by atoms with Crippen molar-refractivity contribution in [3.8, 4) is 17.2 Å². The highest BCUT2D eigenvalue weighted by atomic mass is 32.2. The Kier molecular flexibility index (Phi) is 4.44. The molecule has 26 heavy (non-hydrogen) atoms. The maximum Gasteiger partial charge on any atom is 0.256 e. The van der Waals surface area contributed by atoms with Crippen molar-refractivity contribution in [2.45, 2.75) is 29.2 Å². The molecular formula is C20H21NO4S. The molecule has 6 heteroatoms. The first kappa shape index (κ1) is 17.1. The molecule has 2 aromatic rings. The lowest BCUT2D eigenvalue weighted by molar-refractivity contribution is 0.0711. The molecule has 5 nitrogen and oxygen atoms in total. The Labute approximate surface area is 157 Å². The predicted molar refractivity (Wildman–Crippen MR) is 100 cm³/mol. The highest BCUT2D eigenvalue weighted by molar-refractivity contribution is 7.99. The first-order chi connectivity index (χ1) is 12.7. The average molecular weight is 371 g/mol. The fraction of sp³-hybridized carbons (Fsp3) is 0.350. The number of thioether (sulfide) groups is 1. The van der Waals surface area contributed by atoms with Crippen molar-refractivity contribution in [3.05, 3.63) is 47.5 Å². The number of amides is 1. The molecule has 1 saturated carbocycles. The van der Waals surface area contributed by atoms with Gasteiger partial charge in [0.1, 0.15) is 5.37 Å². The van der Waals surface area contributed by atoms with Gasteiger partial charge in [0.15, 0.2) is 11.5 Å². The van der Waals surface area contributed by atoms with Crippen LogP contribution in [0.2, 0.25) is 0 Å². The number of fused-ring (bicyclic) bond motifs is 1. The Balaban J connectivity index is 1.82. The number of rotatable bonds is 5. The van der Waals surface area contributed by atoms with E-state index < -0.39 is 0 Å². The van der Waals surface area contributed by atoms with Crippen LogP contribution in [0.3, 0.4) is 0 Å². The van der Waals surface area contributed by atoms with Gasteiger partial charge in [0, 0.05) is 10.9 Å². The molecule has 0 aromatic heterocycles. The van der Waals surface area contributed by atoms with E-state index in [0.29, 0.717) is 23.3 Å². The van der Waals surface area contributed by atoms with E-state index >= 15 is 0 Å². The molecule has 0 bridgehead atoms. The van der Waals surface area contributed by atoms with Crippen molar-refractivity contribution in [3.63, 3.8) is 0 Å². The highest BCUT2D eigenvalue weighted by Crippen LogP contribution is 2.51. The second kappa shape index (κ2) is 6.76. The Morgan fingerprint density at radius 2 is 1.65 bits per heavy atom. The van der Waals surface area contributed by atoms with Crippen LogP contribution in [0.5, 0.6) is 17.2 Å². The minimum Gasteiger partial charge on any atom is -0.493 e. The lowest BCUT2D eigenvalue weighted by Crippen LogP contribution is -2.38. The summed E-state index contributed by atoms with van der Waals surface area (Å²) in [4.78, 5) is 16.2. The van der Waals surface area contributed by atoms with Gasteiger partial charge in [-0.2, -0.15) is 0 Å². The molecule has 1 unspecified atom stereocenters. The van der Waals surface area contributed by atoms with Gasteiger partial charge in [0.05, 0.1) is 26.9 Å². The predicted octanol–water partition coefficient (Wildman–Crippen LogP) is 4.12. The average Bonchev–Trinajstić information content (AvgIpc) is 3.51. The number of hydrogen-bond acceptors (Lipinski definition) is 5. The van der Waals surface area contributed by atoms with Crippen LogP contribution in [0, 0.1) is 0 Å². The fourth-order valence-electron chi connectivity index (χ4n) is 3.35. The van der Waals surface area contributed by atoms with Crippen molar-refractivity contribution in [2.75, 3.05) is 21.3 Å². The van der Waals surface area contributed by atoms with Crippen LogP contribution in [-0.4, -0.2) is 38.2 Å². The largest absolute Gasteiger partial charge is 0.493 e. The lowest BCUT2D eigenvalue weighted by Gasteiger charge is -2.37. The maximum absolute atomic E-state index is 13.1. The van der Waals surface area contributed by atoms with Gasteiger partial charge < -0.3 is 19.1 Å². The van der Waals surface area contributed by atoms with Gasteiger partial charge >= 0.3 is 0 Å². The number of carbonyl (C=O) groups excluding carboxylic acids is 1. The van der Waals surface area contributed by atoms with E-state index in [-0.39, 0.29) is 11.3 Å². The molecule has 1 amide bonds. The normalized spacial score (nSPS) is 19.1. The van der Waals surface area contributed by atoms with E-state index in [1.165, 1.54) is 0 Å². The summed E-state index contributed by atoms with van der Waals surface area (Å²) in [6.07, 6.45) is 2.10. The van der Waals surface area contributed by atoms with Crippen LogP contribution in [0.4, 0.5) is 0 Å². The quantitative estimate of drug-likeness (QED) is 0.791. The smallest absolute Gasteiger partial charge is 0.256 e. The van der Waals surface area contributed by atoms with Crippen LogP contribution >= 0.6 is 11.8 Å². The highest BCUT2D eigenvalue weighted by Gasteiger charge is 2.43.